The second kappa shape index (κ2) is 13.2. The van der Waals surface area contributed by atoms with E-state index in [-0.39, 0.29) is 31.5 Å². The Morgan fingerprint density at radius 3 is 2.16 bits per heavy atom. The van der Waals surface area contributed by atoms with Crippen LogP contribution in [-0.4, -0.2) is 34.3 Å². The minimum absolute atomic E-state index is 0.250. The van der Waals surface area contributed by atoms with E-state index in [1.54, 1.807) is 35.4 Å². The van der Waals surface area contributed by atoms with E-state index >= 15 is 0 Å². The van der Waals surface area contributed by atoms with E-state index in [1.165, 1.54) is 0 Å². The maximum atomic E-state index is 13.6. The van der Waals surface area contributed by atoms with Gasteiger partial charge in [-0.15, -0.1) is 0 Å². The molecule has 1 N–H and O–H groups in total. The normalized spacial score (nSPS) is 11.4. The summed E-state index contributed by atoms with van der Waals surface area (Å²) < 4.78 is 5.76. The molecule has 6 nitrogen and oxygen atoms in total. The molecule has 0 bridgehead atoms. The van der Waals surface area contributed by atoms with E-state index < -0.39 is 6.04 Å². The van der Waals surface area contributed by atoms with Crippen molar-refractivity contribution < 1.29 is 14.3 Å². The number of carbonyl (C=O) groups excluding carboxylic acids is 2. The molecule has 188 valence electrons. The van der Waals surface area contributed by atoms with E-state index in [0.29, 0.717) is 17.2 Å². The zero-order chi connectivity index (χ0) is 25.9. The maximum absolute atomic E-state index is 13.6. The third kappa shape index (κ3) is 7.66. The van der Waals surface area contributed by atoms with Crippen molar-refractivity contribution in [2.24, 2.45) is 0 Å². The third-order valence-corrected chi connectivity index (χ3v) is 6.14. The van der Waals surface area contributed by atoms with Crippen LogP contribution in [0.3, 0.4) is 0 Å². The summed E-state index contributed by atoms with van der Waals surface area (Å²) in [6.45, 7) is 0.254. The van der Waals surface area contributed by atoms with Gasteiger partial charge >= 0.3 is 0 Å². The molecule has 2 amide bonds. The van der Waals surface area contributed by atoms with Crippen LogP contribution in [0.2, 0.25) is 5.02 Å². The first kappa shape index (κ1) is 25.9. The molecule has 1 aromatic heterocycles. The first-order valence-corrected chi connectivity index (χ1v) is 12.4. The lowest BCUT2D eigenvalue weighted by molar-refractivity contribution is -0.142. The van der Waals surface area contributed by atoms with Gasteiger partial charge < -0.3 is 15.0 Å². The van der Waals surface area contributed by atoms with Gasteiger partial charge in [0.1, 0.15) is 11.8 Å². The highest BCUT2D eigenvalue weighted by molar-refractivity contribution is 6.32. The van der Waals surface area contributed by atoms with Crippen molar-refractivity contribution in [2.45, 2.75) is 25.6 Å². The fourth-order valence-electron chi connectivity index (χ4n) is 3.92. The molecule has 0 fully saturated rings. The van der Waals surface area contributed by atoms with E-state index in [0.717, 1.165) is 16.8 Å². The van der Waals surface area contributed by atoms with E-state index in [9.17, 15) is 9.59 Å². The number of halogens is 1. The minimum Gasteiger partial charge on any atom is -0.482 e. The SMILES string of the molecule is O=C(NCc1ccccn1)[C@H](Cc1ccccc1)N(Cc1ccccc1)C(=O)COc1ccccc1Cl. The summed E-state index contributed by atoms with van der Waals surface area (Å²) in [5, 5.41) is 3.38. The highest BCUT2D eigenvalue weighted by atomic mass is 35.5. The van der Waals surface area contributed by atoms with Crippen molar-refractivity contribution in [1.82, 2.24) is 15.2 Å². The molecular formula is C30H28ClN3O3. The van der Waals surface area contributed by atoms with Gasteiger partial charge in [-0.1, -0.05) is 90.5 Å². The summed E-state index contributed by atoms with van der Waals surface area (Å²) in [4.78, 5) is 33.1. The Morgan fingerprint density at radius 1 is 0.838 bits per heavy atom. The van der Waals surface area contributed by atoms with Gasteiger partial charge in [0, 0.05) is 19.2 Å². The number of ether oxygens (including phenoxy) is 1. The number of carbonyl (C=O) groups is 2. The highest BCUT2D eigenvalue weighted by Gasteiger charge is 2.30. The van der Waals surface area contributed by atoms with Crippen molar-refractivity contribution in [3.63, 3.8) is 0 Å². The van der Waals surface area contributed by atoms with Gasteiger partial charge in [0.2, 0.25) is 5.91 Å². The average molecular weight is 514 g/mol. The van der Waals surface area contributed by atoms with Gasteiger partial charge in [-0.25, -0.2) is 0 Å². The van der Waals surface area contributed by atoms with Crippen LogP contribution >= 0.6 is 11.6 Å². The van der Waals surface area contributed by atoms with Crippen molar-refractivity contribution in [1.29, 1.82) is 0 Å². The van der Waals surface area contributed by atoms with Crippen LogP contribution in [0.25, 0.3) is 0 Å². The van der Waals surface area contributed by atoms with Crippen LogP contribution in [-0.2, 0) is 29.1 Å². The lowest BCUT2D eigenvalue weighted by Gasteiger charge is -2.31. The molecular weight excluding hydrogens is 486 g/mol. The van der Waals surface area contributed by atoms with Gasteiger partial charge in [-0.2, -0.15) is 0 Å². The fourth-order valence-corrected chi connectivity index (χ4v) is 4.11. The molecule has 0 saturated carbocycles. The Morgan fingerprint density at radius 2 is 1.49 bits per heavy atom. The van der Waals surface area contributed by atoms with Gasteiger partial charge in [-0.05, 0) is 35.4 Å². The number of nitrogens with zero attached hydrogens (tertiary/aromatic N) is 2. The zero-order valence-electron chi connectivity index (χ0n) is 20.3. The standard InChI is InChI=1S/C30H28ClN3O3/c31-26-16-7-8-17-28(26)37-22-29(35)34(21-24-13-5-2-6-14-24)27(19-23-11-3-1-4-12-23)30(36)33-20-25-15-9-10-18-32-25/h1-18,27H,19-22H2,(H,33,36)/t27-/m0/s1. The predicted octanol–water partition coefficient (Wildman–Crippen LogP) is 5.07. The maximum Gasteiger partial charge on any atom is 0.261 e. The summed E-state index contributed by atoms with van der Waals surface area (Å²) in [7, 11) is 0. The largest absolute Gasteiger partial charge is 0.482 e. The quantitative estimate of drug-likeness (QED) is 0.304. The molecule has 0 aliphatic rings. The average Bonchev–Trinajstić information content (AvgIpc) is 2.94. The van der Waals surface area contributed by atoms with Crippen molar-refractivity contribution in [3.8, 4) is 5.75 Å². The van der Waals surface area contributed by atoms with Gasteiger partial charge in [0.25, 0.3) is 5.91 Å². The Bertz CT molecular complexity index is 1290. The summed E-state index contributed by atoms with van der Waals surface area (Å²) in [5.41, 5.74) is 2.58. The second-order valence-corrected chi connectivity index (χ2v) is 8.88. The molecule has 4 aromatic rings. The molecule has 0 unspecified atom stereocenters. The Kier molecular flexibility index (Phi) is 9.27. The van der Waals surface area contributed by atoms with E-state index in [2.05, 4.69) is 10.3 Å². The minimum atomic E-state index is -0.770. The van der Waals surface area contributed by atoms with E-state index in [4.69, 9.17) is 16.3 Å². The number of pyridine rings is 1. The van der Waals surface area contributed by atoms with Crippen LogP contribution in [0.1, 0.15) is 16.8 Å². The molecule has 7 heteroatoms. The molecule has 0 spiro atoms. The van der Waals surface area contributed by atoms with Crippen LogP contribution in [0.4, 0.5) is 0 Å². The number of hydrogen-bond donors (Lipinski definition) is 1. The molecule has 0 radical (unpaired) electrons. The number of benzene rings is 3. The van der Waals surface area contributed by atoms with Crippen LogP contribution in [0.15, 0.2) is 109 Å². The highest BCUT2D eigenvalue weighted by Crippen LogP contribution is 2.23. The molecule has 0 saturated heterocycles. The van der Waals surface area contributed by atoms with Crippen LogP contribution in [0, 0.1) is 0 Å². The fraction of sp³-hybridized carbons (Fsp3) is 0.167. The molecule has 3 aromatic carbocycles. The first-order valence-electron chi connectivity index (χ1n) is 12.0. The smallest absolute Gasteiger partial charge is 0.261 e. The number of hydrogen-bond acceptors (Lipinski definition) is 4. The molecule has 1 heterocycles. The lowest BCUT2D eigenvalue weighted by atomic mass is 10.0. The molecule has 0 aliphatic heterocycles. The number of aromatic nitrogens is 1. The second-order valence-electron chi connectivity index (χ2n) is 8.47. The monoisotopic (exact) mass is 513 g/mol. The molecule has 4 rings (SSSR count). The van der Waals surface area contributed by atoms with Gasteiger partial charge in [-0.3, -0.25) is 14.6 Å². The third-order valence-electron chi connectivity index (χ3n) is 5.82. The Labute approximate surface area is 221 Å². The number of nitrogens with one attached hydrogen (secondary N) is 1. The Balaban J connectivity index is 1.60. The van der Waals surface area contributed by atoms with Crippen LogP contribution < -0.4 is 10.1 Å². The number of amides is 2. The Hall–Kier alpha value is -4.16. The molecule has 0 aliphatic carbocycles. The summed E-state index contributed by atoms with van der Waals surface area (Å²) in [6.07, 6.45) is 2.03. The number of rotatable bonds is 11. The number of para-hydroxylation sites is 1. The summed E-state index contributed by atoms with van der Waals surface area (Å²) in [6, 6.07) is 31.0. The van der Waals surface area contributed by atoms with Gasteiger partial charge in [0.15, 0.2) is 6.61 Å². The molecule has 37 heavy (non-hydrogen) atoms. The van der Waals surface area contributed by atoms with E-state index in [1.807, 2.05) is 78.9 Å². The summed E-state index contributed by atoms with van der Waals surface area (Å²) >= 11 is 6.22. The predicted molar refractivity (Wildman–Crippen MR) is 144 cm³/mol. The van der Waals surface area contributed by atoms with Crippen molar-refractivity contribution in [3.05, 3.63) is 131 Å². The zero-order valence-corrected chi connectivity index (χ0v) is 21.1. The first-order chi connectivity index (χ1) is 18.1. The lowest BCUT2D eigenvalue weighted by Crippen LogP contribution is -2.51. The molecule has 1 atom stereocenters. The van der Waals surface area contributed by atoms with Crippen molar-refractivity contribution >= 4 is 23.4 Å². The van der Waals surface area contributed by atoms with Crippen molar-refractivity contribution in [2.75, 3.05) is 6.61 Å². The van der Waals surface area contributed by atoms with Gasteiger partial charge in [0.05, 0.1) is 17.3 Å². The topological polar surface area (TPSA) is 71.5 Å². The summed E-state index contributed by atoms with van der Waals surface area (Å²) in [5.74, 6) is -0.175. The van der Waals surface area contributed by atoms with Crippen LogP contribution in [0.5, 0.6) is 5.75 Å².